The number of rotatable bonds is 1. The van der Waals surface area contributed by atoms with Gasteiger partial charge in [0.1, 0.15) is 0 Å². The Kier molecular flexibility index (Phi) is 2.50. The number of aliphatic hydroxyl groups excluding tert-OH is 1. The van der Waals surface area contributed by atoms with Gasteiger partial charge in [0.05, 0.1) is 6.10 Å². The van der Waals surface area contributed by atoms with Gasteiger partial charge in [-0.15, -0.1) is 0 Å². The van der Waals surface area contributed by atoms with Crippen LogP contribution in [0.2, 0.25) is 0 Å². The topological polar surface area (TPSA) is 23.5 Å². The second kappa shape index (κ2) is 3.23. The van der Waals surface area contributed by atoms with Crippen LogP contribution in [0.25, 0.3) is 0 Å². The lowest BCUT2D eigenvalue weighted by atomic mass is 9.68. The number of likely N-dealkylation sites (N-methyl/N-ethyl adjacent to an activating group) is 1. The van der Waals surface area contributed by atoms with Crippen molar-refractivity contribution >= 4 is 0 Å². The summed E-state index contributed by atoms with van der Waals surface area (Å²) in [5, 5.41) is 9.86. The van der Waals surface area contributed by atoms with Crippen molar-refractivity contribution in [3.63, 3.8) is 0 Å². The number of hydrogen-bond acceptors (Lipinski definition) is 2. The summed E-state index contributed by atoms with van der Waals surface area (Å²) in [6.45, 7) is 12.7. The molecule has 1 N–H and O–H groups in total. The molecule has 2 aliphatic rings. The van der Waals surface area contributed by atoms with Gasteiger partial charge in [-0.3, -0.25) is 0 Å². The second-order valence-electron chi connectivity index (χ2n) is 7.63. The van der Waals surface area contributed by atoms with Gasteiger partial charge < -0.3 is 10.0 Å². The molecule has 1 aliphatic heterocycles. The minimum atomic E-state index is -0.120. The average Bonchev–Trinajstić information content (AvgIpc) is 2.49. The molecule has 0 bridgehead atoms. The van der Waals surface area contributed by atoms with E-state index in [9.17, 15) is 5.11 Å². The highest BCUT2D eigenvalue weighted by atomic mass is 16.3. The van der Waals surface area contributed by atoms with E-state index < -0.39 is 0 Å². The van der Waals surface area contributed by atoms with E-state index in [1.54, 1.807) is 0 Å². The standard InChI is InChI=1S/C14H27NO/c1-12(2,3)14(9-13(14,4)5)11-7-10(16)8-15(11)6/h10-11,16H,7-9H2,1-6H3. The molecule has 0 aromatic rings. The van der Waals surface area contributed by atoms with Crippen LogP contribution in [-0.2, 0) is 0 Å². The maximum Gasteiger partial charge on any atom is 0.0682 e. The molecule has 0 amide bonds. The lowest BCUT2D eigenvalue weighted by molar-refractivity contribution is 0.0643. The van der Waals surface area contributed by atoms with Gasteiger partial charge in [-0.05, 0) is 36.1 Å². The van der Waals surface area contributed by atoms with Gasteiger partial charge in [0.25, 0.3) is 0 Å². The van der Waals surface area contributed by atoms with E-state index in [4.69, 9.17) is 0 Å². The zero-order valence-corrected chi connectivity index (χ0v) is 11.7. The molecule has 3 unspecified atom stereocenters. The summed E-state index contributed by atoms with van der Waals surface area (Å²) in [6.07, 6.45) is 2.13. The van der Waals surface area contributed by atoms with Crippen molar-refractivity contribution in [2.45, 2.75) is 59.6 Å². The maximum atomic E-state index is 9.86. The molecule has 1 aliphatic carbocycles. The van der Waals surface area contributed by atoms with Crippen LogP contribution >= 0.6 is 0 Å². The average molecular weight is 225 g/mol. The van der Waals surface area contributed by atoms with E-state index >= 15 is 0 Å². The summed E-state index contributed by atoms with van der Waals surface area (Å²) in [6, 6.07) is 0.553. The van der Waals surface area contributed by atoms with Gasteiger partial charge in [-0.2, -0.15) is 0 Å². The monoisotopic (exact) mass is 225 g/mol. The summed E-state index contributed by atoms with van der Waals surface area (Å²) in [5.74, 6) is 0. The highest BCUT2D eigenvalue weighted by molar-refractivity contribution is 5.21. The second-order valence-corrected chi connectivity index (χ2v) is 7.63. The van der Waals surface area contributed by atoms with E-state index in [0.29, 0.717) is 22.3 Å². The first-order chi connectivity index (χ1) is 7.12. The van der Waals surface area contributed by atoms with Gasteiger partial charge in [-0.25, -0.2) is 0 Å². The highest BCUT2D eigenvalue weighted by Crippen LogP contribution is 2.74. The van der Waals surface area contributed by atoms with Crippen LogP contribution in [0, 0.1) is 16.2 Å². The summed E-state index contributed by atoms with van der Waals surface area (Å²) in [4.78, 5) is 2.38. The molecule has 0 aromatic heterocycles. The molecule has 3 atom stereocenters. The van der Waals surface area contributed by atoms with Crippen LogP contribution < -0.4 is 0 Å². The van der Waals surface area contributed by atoms with E-state index in [1.807, 2.05) is 0 Å². The SMILES string of the molecule is CN1CC(O)CC1C1(C(C)(C)C)CC1(C)C. The summed E-state index contributed by atoms with van der Waals surface area (Å²) in [5.41, 5.74) is 1.12. The number of nitrogens with zero attached hydrogens (tertiary/aromatic N) is 1. The Labute approximate surface area is 100 Å². The van der Waals surface area contributed by atoms with Crippen molar-refractivity contribution in [3.8, 4) is 0 Å². The van der Waals surface area contributed by atoms with Gasteiger partial charge in [0.2, 0.25) is 0 Å². The van der Waals surface area contributed by atoms with Gasteiger partial charge in [0.15, 0.2) is 0 Å². The Morgan fingerprint density at radius 3 is 2.00 bits per heavy atom. The van der Waals surface area contributed by atoms with Crippen LogP contribution in [-0.4, -0.2) is 35.7 Å². The maximum absolute atomic E-state index is 9.86. The van der Waals surface area contributed by atoms with Crippen LogP contribution in [0.4, 0.5) is 0 Å². The van der Waals surface area contributed by atoms with Crippen LogP contribution in [0.1, 0.15) is 47.5 Å². The third kappa shape index (κ3) is 1.46. The first-order valence-corrected chi connectivity index (χ1v) is 6.50. The Morgan fingerprint density at radius 2 is 1.75 bits per heavy atom. The largest absolute Gasteiger partial charge is 0.392 e. The molecule has 2 heteroatoms. The molecule has 1 saturated carbocycles. The fourth-order valence-corrected chi connectivity index (χ4v) is 4.55. The van der Waals surface area contributed by atoms with Crippen molar-refractivity contribution in [2.75, 3.05) is 13.6 Å². The molecular weight excluding hydrogens is 198 g/mol. The lowest BCUT2D eigenvalue weighted by Gasteiger charge is -2.42. The predicted octanol–water partition coefficient (Wildman–Crippen LogP) is 2.51. The van der Waals surface area contributed by atoms with E-state index in [-0.39, 0.29) is 6.10 Å². The Balaban J connectivity index is 2.30. The molecule has 2 fully saturated rings. The predicted molar refractivity (Wildman–Crippen MR) is 67.3 cm³/mol. The number of β-amino-alcohol motifs (C(OH)–C–C–N with tert-alkyl or cyclic N) is 1. The van der Waals surface area contributed by atoms with Crippen molar-refractivity contribution in [3.05, 3.63) is 0 Å². The molecule has 2 rings (SSSR count). The van der Waals surface area contributed by atoms with E-state index in [0.717, 1.165) is 13.0 Å². The van der Waals surface area contributed by atoms with Crippen molar-refractivity contribution in [2.24, 2.45) is 16.2 Å². The van der Waals surface area contributed by atoms with E-state index in [2.05, 4.69) is 46.6 Å². The first kappa shape index (κ1) is 12.4. The molecule has 1 heterocycles. The fraction of sp³-hybridized carbons (Fsp3) is 1.00. The highest BCUT2D eigenvalue weighted by Gasteiger charge is 2.71. The normalized spacial score (nSPS) is 43.7. The van der Waals surface area contributed by atoms with Crippen LogP contribution in [0.15, 0.2) is 0 Å². The molecule has 94 valence electrons. The zero-order valence-electron chi connectivity index (χ0n) is 11.7. The first-order valence-electron chi connectivity index (χ1n) is 6.50. The third-order valence-corrected chi connectivity index (χ3v) is 5.24. The molecule has 2 nitrogen and oxygen atoms in total. The lowest BCUT2D eigenvalue weighted by Crippen LogP contribution is -2.44. The molecule has 0 aromatic carbocycles. The summed E-state index contributed by atoms with van der Waals surface area (Å²) < 4.78 is 0. The summed E-state index contributed by atoms with van der Waals surface area (Å²) in [7, 11) is 2.17. The molecular formula is C14H27NO. The van der Waals surface area contributed by atoms with E-state index in [1.165, 1.54) is 6.42 Å². The summed E-state index contributed by atoms with van der Waals surface area (Å²) >= 11 is 0. The smallest absolute Gasteiger partial charge is 0.0682 e. The Morgan fingerprint density at radius 1 is 1.25 bits per heavy atom. The third-order valence-electron chi connectivity index (χ3n) is 5.24. The van der Waals surface area contributed by atoms with Crippen molar-refractivity contribution < 1.29 is 5.11 Å². The molecule has 1 saturated heterocycles. The van der Waals surface area contributed by atoms with Crippen molar-refractivity contribution in [1.82, 2.24) is 4.90 Å². The number of likely N-dealkylation sites (tertiary alicyclic amines) is 1. The van der Waals surface area contributed by atoms with Gasteiger partial charge >= 0.3 is 0 Å². The minimum Gasteiger partial charge on any atom is -0.392 e. The molecule has 16 heavy (non-hydrogen) atoms. The Hall–Kier alpha value is -0.0800. The minimum absolute atomic E-state index is 0.120. The van der Waals surface area contributed by atoms with Gasteiger partial charge in [-0.1, -0.05) is 34.6 Å². The number of hydrogen-bond donors (Lipinski definition) is 1. The Bertz CT molecular complexity index is 292. The quantitative estimate of drug-likeness (QED) is 0.741. The van der Waals surface area contributed by atoms with Crippen molar-refractivity contribution in [1.29, 1.82) is 0 Å². The number of aliphatic hydroxyl groups is 1. The van der Waals surface area contributed by atoms with Crippen LogP contribution in [0.3, 0.4) is 0 Å². The molecule has 0 spiro atoms. The van der Waals surface area contributed by atoms with Crippen LogP contribution in [0.5, 0.6) is 0 Å². The zero-order chi connectivity index (χ0) is 12.4. The van der Waals surface area contributed by atoms with Gasteiger partial charge in [0, 0.05) is 12.6 Å². The molecule has 0 radical (unpaired) electrons. The fourth-order valence-electron chi connectivity index (χ4n) is 4.55.